The lowest BCUT2D eigenvalue weighted by atomic mass is 10.1. The maximum atomic E-state index is 11.9. The van der Waals surface area contributed by atoms with E-state index in [1.807, 2.05) is 24.4 Å². The van der Waals surface area contributed by atoms with Crippen molar-refractivity contribution in [3.63, 3.8) is 0 Å². The summed E-state index contributed by atoms with van der Waals surface area (Å²) in [7, 11) is 0. The number of fused-ring (bicyclic) bond motifs is 1. The lowest BCUT2D eigenvalue weighted by Crippen LogP contribution is -2.25. The van der Waals surface area contributed by atoms with E-state index in [9.17, 15) is 4.79 Å². The van der Waals surface area contributed by atoms with Gasteiger partial charge in [0.2, 0.25) is 0 Å². The summed E-state index contributed by atoms with van der Waals surface area (Å²) in [6.07, 6.45) is 4.14. The lowest BCUT2D eigenvalue weighted by molar-refractivity contribution is 0.0953. The number of para-hydroxylation sites is 1. The molecule has 0 saturated heterocycles. The monoisotopic (exact) mass is 269 g/mol. The van der Waals surface area contributed by atoms with E-state index in [4.69, 9.17) is 4.52 Å². The van der Waals surface area contributed by atoms with Crippen molar-refractivity contribution in [2.75, 3.05) is 6.54 Å². The summed E-state index contributed by atoms with van der Waals surface area (Å²) < 4.78 is 4.76. The van der Waals surface area contributed by atoms with E-state index < -0.39 is 0 Å². The molecule has 0 unspecified atom stereocenters. The van der Waals surface area contributed by atoms with E-state index in [1.165, 1.54) is 17.2 Å². The van der Waals surface area contributed by atoms with Crippen LogP contribution in [0.1, 0.15) is 21.6 Å². The summed E-state index contributed by atoms with van der Waals surface area (Å²) in [5, 5.41) is 7.77. The predicted molar refractivity (Wildman–Crippen MR) is 75.6 cm³/mol. The van der Waals surface area contributed by atoms with Crippen LogP contribution in [0.25, 0.3) is 10.9 Å². The van der Waals surface area contributed by atoms with Crippen LogP contribution in [0.5, 0.6) is 0 Å². The maximum absolute atomic E-state index is 11.9. The minimum Gasteiger partial charge on any atom is -0.364 e. The van der Waals surface area contributed by atoms with Crippen LogP contribution >= 0.6 is 0 Å². The molecule has 5 heteroatoms. The molecule has 1 amide bonds. The second kappa shape index (κ2) is 5.21. The molecule has 5 nitrogen and oxygen atoms in total. The number of hydrogen-bond donors (Lipinski definition) is 2. The number of nitrogens with one attached hydrogen (secondary N) is 2. The van der Waals surface area contributed by atoms with Crippen molar-refractivity contribution in [2.24, 2.45) is 0 Å². The van der Waals surface area contributed by atoms with Crippen molar-refractivity contribution in [1.82, 2.24) is 15.5 Å². The van der Waals surface area contributed by atoms with Gasteiger partial charge in [0.25, 0.3) is 5.91 Å². The first-order valence-electron chi connectivity index (χ1n) is 6.50. The van der Waals surface area contributed by atoms with Gasteiger partial charge in [-0.3, -0.25) is 4.79 Å². The van der Waals surface area contributed by atoms with Crippen molar-refractivity contribution < 1.29 is 9.32 Å². The van der Waals surface area contributed by atoms with Gasteiger partial charge >= 0.3 is 0 Å². The molecule has 0 aliphatic heterocycles. The zero-order chi connectivity index (χ0) is 13.9. The van der Waals surface area contributed by atoms with Crippen molar-refractivity contribution in [3.05, 3.63) is 53.5 Å². The smallest absolute Gasteiger partial charge is 0.256 e. The number of carbonyl (C=O) groups excluding carboxylic acids is 1. The third-order valence-corrected chi connectivity index (χ3v) is 3.35. The Hall–Kier alpha value is -2.56. The number of hydrogen-bond acceptors (Lipinski definition) is 3. The average Bonchev–Trinajstić information content (AvgIpc) is 3.05. The van der Waals surface area contributed by atoms with Crippen molar-refractivity contribution in [3.8, 4) is 0 Å². The lowest BCUT2D eigenvalue weighted by Gasteiger charge is -2.03. The van der Waals surface area contributed by atoms with Crippen LogP contribution in [0.15, 0.2) is 41.2 Å². The minimum atomic E-state index is -0.149. The van der Waals surface area contributed by atoms with E-state index in [-0.39, 0.29) is 5.91 Å². The van der Waals surface area contributed by atoms with E-state index in [2.05, 4.69) is 21.5 Å². The SMILES string of the molecule is Cc1nocc1C(=O)NCCc1c[nH]c2ccccc12. The fourth-order valence-electron chi connectivity index (χ4n) is 2.25. The molecular formula is C15H15N3O2. The van der Waals surface area contributed by atoms with E-state index >= 15 is 0 Å². The van der Waals surface area contributed by atoms with Gasteiger partial charge in [-0.1, -0.05) is 23.4 Å². The molecule has 1 aromatic carbocycles. The van der Waals surface area contributed by atoms with Gasteiger partial charge in [-0.2, -0.15) is 0 Å². The molecule has 0 radical (unpaired) electrons. The van der Waals surface area contributed by atoms with Gasteiger partial charge in [0.1, 0.15) is 11.8 Å². The molecule has 0 bridgehead atoms. The van der Waals surface area contributed by atoms with Gasteiger partial charge in [0.15, 0.2) is 0 Å². The normalized spacial score (nSPS) is 10.8. The zero-order valence-corrected chi connectivity index (χ0v) is 11.1. The summed E-state index contributed by atoms with van der Waals surface area (Å²) in [5.74, 6) is -0.149. The van der Waals surface area contributed by atoms with Crippen molar-refractivity contribution >= 4 is 16.8 Å². The van der Waals surface area contributed by atoms with Crippen LogP contribution in [-0.4, -0.2) is 22.6 Å². The highest BCUT2D eigenvalue weighted by Crippen LogP contribution is 2.17. The summed E-state index contributed by atoms with van der Waals surface area (Å²) >= 11 is 0. The zero-order valence-electron chi connectivity index (χ0n) is 11.1. The number of nitrogens with zero attached hydrogens (tertiary/aromatic N) is 1. The van der Waals surface area contributed by atoms with Gasteiger partial charge in [-0.05, 0) is 25.0 Å². The van der Waals surface area contributed by atoms with Gasteiger partial charge < -0.3 is 14.8 Å². The molecule has 3 rings (SSSR count). The highest BCUT2D eigenvalue weighted by Gasteiger charge is 2.12. The van der Waals surface area contributed by atoms with Gasteiger partial charge in [-0.25, -0.2) is 0 Å². The van der Waals surface area contributed by atoms with Crippen LogP contribution in [0, 0.1) is 6.92 Å². The summed E-state index contributed by atoms with van der Waals surface area (Å²) in [6, 6.07) is 8.13. The first kappa shape index (κ1) is 12.5. The van der Waals surface area contributed by atoms with Crippen molar-refractivity contribution in [1.29, 1.82) is 0 Å². The Morgan fingerprint density at radius 3 is 3.05 bits per heavy atom. The molecule has 20 heavy (non-hydrogen) atoms. The van der Waals surface area contributed by atoms with Crippen LogP contribution in [-0.2, 0) is 6.42 Å². The summed E-state index contributed by atoms with van der Waals surface area (Å²) in [5.41, 5.74) is 3.41. The second-order valence-electron chi connectivity index (χ2n) is 4.68. The van der Waals surface area contributed by atoms with Gasteiger partial charge in [-0.15, -0.1) is 0 Å². The third-order valence-electron chi connectivity index (χ3n) is 3.35. The quantitative estimate of drug-likeness (QED) is 0.764. The largest absolute Gasteiger partial charge is 0.364 e. The molecule has 2 heterocycles. The first-order valence-corrected chi connectivity index (χ1v) is 6.50. The van der Waals surface area contributed by atoms with Gasteiger partial charge in [0.05, 0.1) is 5.69 Å². The Balaban J connectivity index is 1.63. The fraction of sp³-hybridized carbons (Fsp3) is 0.200. The van der Waals surface area contributed by atoms with Crippen LogP contribution in [0.4, 0.5) is 0 Å². The second-order valence-corrected chi connectivity index (χ2v) is 4.68. The summed E-state index contributed by atoms with van der Waals surface area (Å²) in [6.45, 7) is 2.32. The minimum absolute atomic E-state index is 0.149. The molecule has 0 spiro atoms. The Bertz CT molecular complexity index is 742. The summed E-state index contributed by atoms with van der Waals surface area (Å²) in [4.78, 5) is 15.1. The number of aromatic nitrogens is 2. The number of aromatic amines is 1. The predicted octanol–water partition coefficient (Wildman–Crippen LogP) is 2.44. The standard InChI is InChI=1S/C15H15N3O2/c1-10-13(9-20-18-10)15(19)16-7-6-11-8-17-14-5-3-2-4-12(11)14/h2-5,8-9,17H,6-7H2,1H3,(H,16,19). The third kappa shape index (κ3) is 2.30. The Kier molecular flexibility index (Phi) is 3.25. The molecular weight excluding hydrogens is 254 g/mol. The van der Waals surface area contributed by atoms with E-state index in [1.54, 1.807) is 6.92 Å². The number of aryl methyl sites for hydroxylation is 1. The Labute approximate surface area is 116 Å². The molecule has 2 aromatic heterocycles. The number of carbonyl (C=O) groups is 1. The number of amides is 1. The number of benzene rings is 1. The average molecular weight is 269 g/mol. The number of rotatable bonds is 4. The van der Waals surface area contributed by atoms with E-state index in [0.29, 0.717) is 17.8 Å². The van der Waals surface area contributed by atoms with Gasteiger partial charge in [0, 0.05) is 23.6 Å². The Morgan fingerprint density at radius 2 is 2.25 bits per heavy atom. The van der Waals surface area contributed by atoms with Crippen LogP contribution < -0.4 is 5.32 Å². The molecule has 0 fully saturated rings. The fourth-order valence-corrected chi connectivity index (χ4v) is 2.25. The van der Waals surface area contributed by atoms with E-state index in [0.717, 1.165) is 11.9 Å². The molecule has 0 saturated carbocycles. The topological polar surface area (TPSA) is 70.9 Å². The Morgan fingerprint density at radius 1 is 1.40 bits per heavy atom. The molecule has 2 N–H and O–H groups in total. The molecule has 0 atom stereocenters. The highest BCUT2D eigenvalue weighted by atomic mass is 16.5. The molecule has 0 aliphatic rings. The van der Waals surface area contributed by atoms with Crippen LogP contribution in [0.3, 0.4) is 0 Å². The molecule has 0 aliphatic carbocycles. The molecule has 3 aromatic rings. The maximum Gasteiger partial charge on any atom is 0.256 e. The molecule has 102 valence electrons. The van der Waals surface area contributed by atoms with Crippen molar-refractivity contribution in [2.45, 2.75) is 13.3 Å². The first-order chi connectivity index (χ1) is 9.75. The van der Waals surface area contributed by atoms with Crippen LogP contribution in [0.2, 0.25) is 0 Å². The highest BCUT2D eigenvalue weighted by molar-refractivity contribution is 5.94. The number of H-pyrrole nitrogens is 1.